The fraction of sp³-hybridized carbons (Fsp3) is 0.348. The third-order valence-electron chi connectivity index (χ3n) is 4.69. The van der Waals surface area contributed by atoms with Gasteiger partial charge in [0.2, 0.25) is 17.7 Å². The van der Waals surface area contributed by atoms with Crippen LogP contribution in [0.3, 0.4) is 0 Å². The van der Waals surface area contributed by atoms with E-state index in [1.807, 2.05) is 43.3 Å². The van der Waals surface area contributed by atoms with Crippen LogP contribution in [-0.2, 0) is 20.9 Å². The van der Waals surface area contributed by atoms with Crippen molar-refractivity contribution in [1.29, 1.82) is 0 Å². The van der Waals surface area contributed by atoms with Crippen molar-refractivity contribution in [3.8, 4) is 11.5 Å². The topological polar surface area (TPSA) is 84.9 Å². The second kappa shape index (κ2) is 10.4. The van der Waals surface area contributed by atoms with Crippen LogP contribution in [0.25, 0.3) is 0 Å². The highest BCUT2D eigenvalue weighted by Gasteiger charge is 2.28. The van der Waals surface area contributed by atoms with E-state index >= 15 is 0 Å². The Balaban J connectivity index is 1.41. The summed E-state index contributed by atoms with van der Waals surface area (Å²) in [5.74, 6) is 0.994. The molecule has 30 heavy (non-hydrogen) atoms. The van der Waals surface area contributed by atoms with Gasteiger partial charge in [-0.05, 0) is 43.2 Å². The molecule has 1 saturated heterocycles. The normalized spacial score (nSPS) is 13.4. The summed E-state index contributed by atoms with van der Waals surface area (Å²) in [6.07, 6.45) is 1.47. The third-order valence-corrected chi connectivity index (χ3v) is 4.69. The summed E-state index contributed by atoms with van der Waals surface area (Å²) in [7, 11) is 0. The van der Waals surface area contributed by atoms with Gasteiger partial charge in [0.1, 0.15) is 0 Å². The number of hydrogen-bond acceptors (Lipinski definition) is 5. The molecule has 7 nitrogen and oxygen atoms in total. The van der Waals surface area contributed by atoms with Gasteiger partial charge in [-0.15, -0.1) is 0 Å². The van der Waals surface area contributed by atoms with E-state index in [0.717, 1.165) is 5.56 Å². The van der Waals surface area contributed by atoms with Gasteiger partial charge in [0.15, 0.2) is 11.5 Å². The van der Waals surface area contributed by atoms with Crippen molar-refractivity contribution in [1.82, 2.24) is 4.90 Å². The number of carbonyl (C=O) groups is 3. The van der Waals surface area contributed by atoms with Crippen LogP contribution >= 0.6 is 0 Å². The SMILES string of the molecule is CCOc1ccccc1OCCCC(=O)Nc1ccc(CN2C(=O)CCC2=O)cc1. The molecule has 0 aliphatic carbocycles. The molecule has 1 fully saturated rings. The van der Waals surface area contributed by atoms with Crippen molar-refractivity contribution < 1.29 is 23.9 Å². The average molecular weight is 410 g/mol. The van der Waals surface area contributed by atoms with Gasteiger partial charge < -0.3 is 14.8 Å². The van der Waals surface area contributed by atoms with Crippen LogP contribution in [0, 0.1) is 0 Å². The fourth-order valence-corrected chi connectivity index (χ4v) is 3.16. The first kappa shape index (κ1) is 21.4. The van der Waals surface area contributed by atoms with Crippen molar-refractivity contribution >= 4 is 23.4 Å². The Bertz CT molecular complexity index is 879. The van der Waals surface area contributed by atoms with Crippen LogP contribution in [0.2, 0.25) is 0 Å². The predicted octanol–water partition coefficient (Wildman–Crippen LogP) is 3.53. The van der Waals surface area contributed by atoms with Crippen molar-refractivity contribution in [2.45, 2.75) is 39.2 Å². The van der Waals surface area contributed by atoms with E-state index in [1.165, 1.54) is 4.90 Å². The van der Waals surface area contributed by atoms with Crippen LogP contribution < -0.4 is 14.8 Å². The standard InChI is InChI=1S/C23H26N2O5/c1-2-29-19-6-3-4-7-20(19)30-15-5-8-21(26)24-18-11-9-17(10-12-18)16-25-22(27)13-14-23(25)28/h3-4,6-7,9-12H,2,5,8,13-16H2,1H3,(H,24,26). The summed E-state index contributed by atoms with van der Waals surface area (Å²) in [6.45, 7) is 3.16. The first-order valence-electron chi connectivity index (χ1n) is 10.1. The molecule has 0 unspecified atom stereocenters. The smallest absolute Gasteiger partial charge is 0.229 e. The molecule has 0 bridgehead atoms. The fourth-order valence-electron chi connectivity index (χ4n) is 3.16. The van der Waals surface area contributed by atoms with E-state index in [2.05, 4.69) is 5.32 Å². The van der Waals surface area contributed by atoms with E-state index in [4.69, 9.17) is 9.47 Å². The van der Waals surface area contributed by atoms with Crippen molar-refractivity contribution in [3.63, 3.8) is 0 Å². The molecular weight excluding hydrogens is 384 g/mol. The maximum atomic E-state index is 12.2. The number of ether oxygens (including phenoxy) is 2. The number of imide groups is 1. The zero-order valence-corrected chi connectivity index (χ0v) is 17.1. The number of amides is 3. The number of likely N-dealkylation sites (tertiary alicyclic amines) is 1. The summed E-state index contributed by atoms with van der Waals surface area (Å²) >= 11 is 0. The summed E-state index contributed by atoms with van der Waals surface area (Å²) in [5.41, 5.74) is 1.52. The zero-order chi connectivity index (χ0) is 21.3. The highest BCUT2D eigenvalue weighted by molar-refractivity contribution is 6.01. The Kier molecular flexibility index (Phi) is 7.43. The molecule has 3 rings (SSSR count). The lowest BCUT2D eigenvalue weighted by molar-refractivity contribution is -0.139. The molecule has 1 aliphatic rings. The van der Waals surface area contributed by atoms with Gasteiger partial charge in [-0.2, -0.15) is 0 Å². The summed E-state index contributed by atoms with van der Waals surface area (Å²) in [6, 6.07) is 14.6. The minimum Gasteiger partial charge on any atom is -0.490 e. The largest absolute Gasteiger partial charge is 0.490 e. The number of hydrogen-bond donors (Lipinski definition) is 1. The molecule has 1 heterocycles. The Morgan fingerprint density at radius 2 is 1.60 bits per heavy atom. The zero-order valence-electron chi connectivity index (χ0n) is 17.1. The molecule has 7 heteroatoms. The van der Waals surface area contributed by atoms with Gasteiger partial charge in [-0.25, -0.2) is 0 Å². The van der Waals surface area contributed by atoms with Crippen molar-refractivity contribution in [3.05, 3.63) is 54.1 Å². The number of para-hydroxylation sites is 2. The molecule has 0 radical (unpaired) electrons. The molecule has 2 aromatic rings. The molecule has 3 amide bonds. The number of benzene rings is 2. The van der Waals surface area contributed by atoms with Crippen LogP contribution in [0.1, 0.15) is 38.2 Å². The lowest BCUT2D eigenvalue weighted by Gasteiger charge is -2.14. The molecule has 0 aromatic heterocycles. The van der Waals surface area contributed by atoms with Crippen LogP contribution in [0.4, 0.5) is 5.69 Å². The second-order valence-corrected chi connectivity index (χ2v) is 6.95. The van der Waals surface area contributed by atoms with Gasteiger partial charge in [-0.1, -0.05) is 24.3 Å². The van der Waals surface area contributed by atoms with Crippen LogP contribution in [-0.4, -0.2) is 35.8 Å². The number of nitrogens with one attached hydrogen (secondary N) is 1. The van der Waals surface area contributed by atoms with Gasteiger partial charge >= 0.3 is 0 Å². The quantitative estimate of drug-likeness (QED) is 0.478. The molecule has 1 aliphatic heterocycles. The lowest BCUT2D eigenvalue weighted by Crippen LogP contribution is -2.28. The van der Waals surface area contributed by atoms with E-state index in [0.29, 0.717) is 43.2 Å². The molecule has 0 spiro atoms. The molecule has 2 aromatic carbocycles. The number of nitrogens with zero attached hydrogens (tertiary/aromatic N) is 1. The van der Waals surface area contributed by atoms with E-state index in [9.17, 15) is 14.4 Å². The summed E-state index contributed by atoms with van der Waals surface area (Å²) in [4.78, 5) is 36.8. The number of anilines is 1. The van der Waals surface area contributed by atoms with Crippen molar-refractivity contribution in [2.75, 3.05) is 18.5 Å². The van der Waals surface area contributed by atoms with Crippen molar-refractivity contribution in [2.24, 2.45) is 0 Å². The van der Waals surface area contributed by atoms with Gasteiger partial charge in [0.05, 0.1) is 19.8 Å². The molecule has 1 N–H and O–H groups in total. The van der Waals surface area contributed by atoms with E-state index in [1.54, 1.807) is 12.1 Å². The maximum absolute atomic E-state index is 12.2. The molecule has 0 atom stereocenters. The van der Waals surface area contributed by atoms with E-state index < -0.39 is 0 Å². The predicted molar refractivity (Wildman–Crippen MR) is 112 cm³/mol. The lowest BCUT2D eigenvalue weighted by atomic mass is 10.2. The van der Waals surface area contributed by atoms with Gasteiger partial charge in [-0.3, -0.25) is 19.3 Å². The first-order valence-corrected chi connectivity index (χ1v) is 10.1. The highest BCUT2D eigenvalue weighted by Crippen LogP contribution is 2.26. The third kappa shape index (κ3) is 5.83. The minimum absolute atomic E-state index is 0.102. The molecule has 158 valence electrons. The Hall–Kier alpha value is -3.35. The Morgan fingerprint density at radius 1 is 0.967 bits per heavy atom. The molecule has 0 saturated carbocycles. The summed E-state index contributed by atoms with van der Waals surface area (Å²) in [5, 5.41) is 2.84. The summed E-state index contributed by atoms with van der Waals surface area (Å²) < 4.78 is 11.2. The number of rotatable bonds is 10. The average Bonchev–Trinajstić information content (AvgIpc) is 3.06. The highest BCUT2D eigenvalue weighted by atomic mass is 16.5. The van der Waals surface area contributed by atoms with E-state index in [-0.39, 0.29) is 37.1 Å². The Labute approximate surface area is 176 Å². The monoisotopic (exact) mass is 410 g/mol. The minimum atomic E-state index is -0.136. The number of carbonyl (C=O) groups excluding carboxylic acids is 3. The van der Waals surface area contributed by atoms with Crippen LogP contribution in [0.15, 0.2) is 48.5 Å². The van der Waals surface area contributed by atoms with Gasteiger partial charge in [0.25, 0.3) is 0 Å². The molecular formula is C23H26N2O5. The maximum Gasteiger partial charge on any atom is 0.229 e. The Morgan fingerprint density at radius 3 is 2.23 bits per heavy atom. The van der Waals surface area contributed by atoms with Crippen LogP contribution in [0.5, 0.6) is 11.5 Å². The van der Waals surface area contributed by atoms with Gasteiger partial charge in [0, 0.05) is 24.9 Å². The second-order valence-electron chi connectivity index (χ2n) is 6.95. The first-order chi connectivity index (χ1) is 14.6.